The topological polar surface area (TPSA) is 209 Å². The van der Waals surface area contributed by atoms with Crippen LogP contribution in [0.15, 0.2) is 32.7 Å². The average molecular weight is 425 g/mol. The van der Waals surface area contributed by atoms with Crippen LogP contribution < -0.4 is 11.2 Å². The standard InChI is InChI=1S/C16H19N5O9/c1-6-4-21(16(27)18-13(6)24)11-2-7(19-20-17)10(29-11)5-28-15-12(23)8(22)3-9(30-15)14(25)26/h3-4,7-8,10-12,15,22-23H,2,5H2,1H3,(H,25,26)(H,18,24,27)/t7-,8-,10+,11+,12+,15+/m0/s1. The van der Waals surface area contributed by atoms with Gasteiger partial charge in [-0.05, 0) is 18.5 Å². The van der Waals surface area contributed by atoms with E-state index >= 15 is 0 Å². The van der Waals surface area contributed by atoms with Gasteiger partial charge in [-0.3, -0.25) is 14.3 Å². The summed E-state index contributed by atoms with van der Waals surface area (Å²) in [5, 5.41) is 32.3. The predicted octanol–water partition coefficient (Wildman–Crippen LogP) is -1.13. The first kappa shape index (κ1) is 21.5. The first-order chi connectivity index (χ1) is 14.2. The molecule has 0 aromatic carbocycles. The molecule has 14 heteroatoms. The number of aryl methyl sites for hydroxylation is 1. The van der Waals surface area contributed by atoms with E-state index in [1.54, 1.807) is 0 Å². The van der Waals surface area contributed by atoms with Crippen LogP contribution in [-0.4, -0.2) is 68.1 Å². The van der Waals surface area contributed by atoms with Crippen molar-refractivity contribution in [3.8, 4) is 0 Å². The molecular weight excluding hydrogens is 406 g/mol. The number of aromatic nitrogens is 2. The maximum absolute atomic E-state index is 12.1. The van der Waals surface area contributed by atoms with Crippen LogP contribution in [0.1, 0.15) is 18.2 Å². The summed E-state index contributed by atoms with van der Waals surface area (Å²) in [6.07, 6.45) is -4.09. The number of ether oxygens (including phenoxy) is 3. The van der Waals surface area contributed by atoms with E-state index in [1.807, 2.05) is 0 Å². The highest BCUT2D eigenvalue weighted by atomic mass is 16.7. The molecule has 0 spiro atoms. The molecule has 30 heavy (non-hydrogen) atoms. The molecule has 1 fully saturated rings. The second kappa shape index (κ2) is 8.69. The number of aliphatic hydroxyl groups is 2. The number of aliphatic carboxylic acids is 1. The van der Waals surface area contributed by atoms with E-state index in [0.717, 1.165) is 10.6 Å². The van der Waals surface area contributed by atoms with Gasteiger partial charge < -0.3 is 29.5 Å². The second-order valence-electron chi connectivity index (χ2n) is 6.75. The molecule has 0 saturated carbocycles. The van der Waals surface area contributed by atoms with Crippen LogP contribution in [0.25, 0.3) is 10.4 Å². The Morgan fingerprint density at radius 3 is 2.87 bits per heavy atom. The van der Waals surface area contributed by atoms with Crippen LogP contribution in [0.2, 0.25) is 0 Å². The molecule has 1 aromatic rings. The van der Waals surface area contributed by atoms with Crippen LogP contribution in [0.3, 0.4) is 0 Å². The van der Waals surface area contributed by atoms with Crippen LogP contribution in [0, 0.1) is 6.92 Å². The maximum atomic E-state index is 12.1. The molecule has 6 atom stereocenters. The molecule has 1 aromatic heterocycles. The summed E-state index contributed by atoms with van der Waals surface area (Å²) in [4.78, 5) is 39.6. The lowest BCUT2D eigenvalue weighted by molar-refractivity contribution is -0.218. The zero-order valence-corrected chi connectivity index (χ0v) is 15.6. The number of carboxylic acids is 1. The Hall–Kier alpha value is -3.16. The lowest BCUT2D eigenvalue weighted by atomic mass is 10.1. The summed E-state index contributed by atoms with van der Waals surface area (Å²) in [7, 11) is 0. The Kier molecular flexibility index (Phi) is 6.24. The van der Waals surface area contributed by atoms with E-state index in [9.17, 15) is 24.6 Å². The number of carboxylic acid groups (broad SMARTS) is 1. The number of hydrogen-bond donors (Lipinski definition) is 4. The van der Waals surface area contributed by atoms with Crippen molar-refractivity contribution in [3.05, 3.63) is 54.9 Å². The monoisotopic (exact) mass is 425 g/mol. The lowest BCUT2D eigenvalue weighted by Crippen LogP contribution is -2.45. The van der Waals surface area contributed by atoms with Crippen molar-refractivity contribution < 1.29 is 34.3 Å². The molecule has 14 nitrogen and oxygen atoms in total. The molecule has 0 aliphatic carbocycles. The van der Waals surface area contributed by atoms with E-state index < -0.39 is 59.8 Å². The second-order valence-corrected chi connectivity index (χ2v) is 6.75. The van der Waals surface area contributed by atoms with Crippen molar-refractivity contribution in [2.75, 3.05) is 6.61 Å². The number of H-pyrrole nitrogens is 1. The van der Waals surface area contributed by atoms with E-state index in [4.69, 9.17) is 24.8 Å². The predicted molar refractivity (Wildman–Crippen MR) is 96.1 cm³/mol. The van der Waals surface area contributed by atoms with E-state index in [-0.39, 0.29) is 18.6 Å². The van der Waals surface area contributed by atoms with Gasteiger partial charge in [0.2, 0.25) is 12.0 Å². The van der Waals surface area contributed by atoms with E-state index in [0.29, 0.717) is 0 Å². The highest BCUT2D eigenvalue weighted by molar-refractivity contribution is 5.84. The molecular formula is C16H19N5O9. The number of aliphatic hydroxyl groups excluding tert-OH is 2. The van der Waals surface area contributed by atoms with Gasteiger partial charge in [0.15, 0.2) is 0 Å². The Balaban J connectivity index is 1.74. The first-order valence-corrected chi connectivity index (χ1v) is 8.82. The van der Waals surface area contributed by atoms with Gasteiger partial charge in [0.1, 0.15) is 18.4 Å². The summed E-state index contributed by atoms with van der Waals surface area (Å²) >= 11 is 0. The van der Waals surface area contributed by atoms with E-state index in [1.165, 1.54) is 13.1 Å². The van der Waals surface area contributed by atoms with Crippen molar-refractivity contribution in [3.63, 3.8) is 0 Å². The van der Waals surface area contributed by atoms with Crippen LogP contribution in [0.4, 0.5) is 0 Å². The minimum atomic E-state index is -1.56. The minimum absolute atomic E-state index is 0.0977. The summed E-state index contributed by atoms with van der Waals surface area (Å²) < 4.78 is 17.3. The lowest BCUT2D eigenvalue weighted by Gasteiger charge is -2.31. The highest BCUT2D eigenvalue weighted by Crippen LogP contribution is 2.31. The van der Waals surface area contributed by atoms with Gasteiger partial charge in [-0.25, -0.2) is 9.59 Å². The highest BCUT2D eigenvalue weighted by Gasteiger charge is 2.40. The fourth-order valence-corrected chi connectivity index (χ4v) is 3.12. The zero-order chi connectivity index (χ0) is 22.0. The Labute approximate surface area is 167 Å². The van der Waals surface area contributed by atoms with Gasteiger partial charge in [0, 0.05) is 23.1 Å². The first-order valence-electron chi connectivity index (χ1n) is 8.82. The Morgan fingerprint density at radius 1 is 1.47 bits per heavy atom. The molecule has 0 radical (unpaired) electrons. The molecule has 0 amide bonds. The molecule has 162 valence electrons. The normalized spacial score (nSPS) is 30.8. The molecule has 1 saturated heterocycles. The smallest absolute Gasteiger partial charge is 0.371 e. The number of azide groups is 1. The van der Waals surface area contributed by atoms with Crippen molar-refractivity contribution in [2.24, 2.45) is 5.11 Å². The van der Waals surface area contributed by atoms with Gasteiger partial charge in [0.25, 0.3) is 5.56 Å². The number of nitrogens with one attached hydrogen (secondary N) is 1. The van der Waals surface area contributed by atoms with E-state index in [2.05, 4.69) is 15.0 Å². The number of nitrogens with zero attached hydrogens (tertiary/aromatic N) is 4. The average Bonchev–Trinajstić information content (AvgIpc) is 3.08. The number of hydrogen-bond acceptors (Lipinski definition) is 9. The maximum Gasteiger partial charge on any atom is 0.371 e. The van der Waals surface area contributed by atoms with Crippen LogP contribution in [-0.2, 0) is 19.0 Å². The van der Waals surface area contributed by atoms with Crippen molar-refractivity contribution in [1.82, 2.24) is 9.55 Å². The molecule has 2 aliphatic rings. The van der Waals surface area contributed by atoms with Crippen molar-refractivity contribution >= 4 is 5.97 Å². The summed E-state index contributed by atoms with van der Waals surface area (Å²) in [5.74, 6) is -2.05. The molecule has 0 unspecified atom stereocenters. The number of rotatable bonds is 6. The third-order valence-electron chi connectivity index (χ3n) is 4.69. The molecule has 4 N–H and O–H groups in total. The third kappa shape index (κ3) is 4.37. The number of carbonyl (C=O) groups is 1. The Bertz CT molecular complexity index is 1010. The summed E-state index contributed by atoms with van der Waals surface area (Å²) in [6, 6.07) is -0.765. The fourth-order valence-electron chi connectivity index (χ4n) is 3.12. The van der Waals surface area contributed by atoms with Gasteiger partial charge in [-0.1, -0.05) is 5.11 Å². The van der Waals surface area contributed by atoms with Gasteiger partial charge in [-0.15, -0.1) is 0 Å². The molecule has 3 rings (SSSR count). The fraction of sp³-hybridized carbons (Fsp3) is 0.562. The molecule has 0 bridgehead atoms. The molecule has 3 heterocycles. The molecule has 2 aliphatic heterocycles. The van der Waals surface area contributed by atoms with Gasteiger partial charge in [-0.2, -0.15) is 0 Å². The Morgan fingerprint density at radius 2 is 2.20 bits per heavy atom. The quantitative estimate of drug-likeness (QED) is 0.246. The van der Waals surface area contributed by atoms with Gasteiger partial charge >= 0.3 is 11.7 Å². The van der Waals surface area contributed by atoms with Crippen molar-refractivity contribution in [2.45, 2.75) is 50.2 Å². The third-order valence-corrected chi connectivity index (χ3v) is 4.69. The van der Waals surface area contributed by atoms with Crippen LogP contribution >= 0.6 is 0 Å². The summed E-state index contributed by atoms with van der Waals surface area (Å²) in [6.45, 7) is 1.20. The number of aromatic amines is 1. The summed E-state index contributed by atoms with van der Waals surface area (Å²) in [5.41, 5.74) is 7.83. The van der Waals surface area contributed by atoms with Crippen LogP contribution in [0.5, 0.6) is 0 Å². The SMILES string of the molecule is Cc1cn([C@H]2C[C@H](N=[N+]=[N-])[C@@H](CO[C@@H]3OC(C(=O)O)=C[C@H](O)[C@H]3O)O2)c(=O)[nH]c1=O. The largest absolute Gasteiger partial charge is 0.475 e. The minimum Gasteiger partial charge on any atom is -0.475 e. The zero-order valence-electron chi connectivity index (χ0n) is 15.6. The van der Waals surface area contributed by atoms with Gasteiger partial charge in [0.05, 0.1) is 18.8 Å². The van der Waals surface area contributed by atoms with Crippen molar-refractivity contribution in [1.29, 1.82) is 0 Å².